The number of ether oxygens (including phenoxy) is 1. The van der Waals surface area contributed by atoms with Crippen LogP contribution in [0.25, 0.3) is 0 Å². The molecule has 100 valence electrons. The quantitative estimate of drug-likeness (QED) is 0.783. The van der Waals surface area contributed by atoms with Crippen LogP contribution in [0.4, 0.5) is 8.78 Å². The Morgan fingerprint density at radius 1 is 1.33 bits per heavy atom. The molecule has 0 spiro atoms. The van der Waals surface area contributed by atoms with Gasteiger partial charge in [0.05, 0.1) is 13.2 Å². The van der Waals surface area contributed by atoms with Crippen molar-refractivity contribution >= 4 is 0 Å². The summed E-state index contributed by atoms with van der Waals surface area (Å²) in [4.78, 5) is 0. The first-order valence-corrected chi connectivity index (χ1v) is 6.31. The molecule has 1 heterocycles. The van der Waals surface area contributed by atoms with Gasteiger partial charge in [-0.25, -0.2) is 8.78 Å². The number of hydrogen-bond acceptors (Lipinski definition) is 1. The minimum Gasteiger partial charge on any atom is -0.380 e. The van der Waals surface area contributed by atoms with Gasteiger partial charge in [0, 0.05) is 17.9 Å². The Balaban J connectivity index is 2.30. The maximum atomic E-state index is 13.3. The number of hydrogen-bond donors (Lipinski definition) is 0. The SMILES string of the molecule is Cc1cc(C(C)(F)F)ccc1[C@H](C)C1(C)COC1. The molecular formula is C15H20F2O. The lowest BCUT2D eigenvalue weighted by Crippen LogP contribution is -2.43. The molecule has 1 nitrogen and oxygen atoms in total. The summed E-state index contributed by atoms with van der Waals surface area (Å²) in [5.74, 6) is -2.44. The highest BCUT2D eigenvalue weighted by molar-refractivity contribution is 5.36. The van der Waals surface area contributed by atoms with Crippen molar-refractivity contribution in [3.63, 3.8) is 0 Å². The van der Waals surface area contributed by atoms with E-state index in [1.807, 2.05) is 13.0 Å². The van der Waals surface area contributed by atoms with Crippen LogP contribution in [-0.2, 0) is 10.7 Å². The van der Waals surface area contributed by atoms with Crippen molar-refractivity contribution in [2.24, 2.45) is 5.41 Å². The molecular weight excluding hydrogens is 234 g/mol. The van der Waals surface area contributed by atoms with Gasteiger partial charge >= 0.3 is 0 Å². The second-order valence-electron chi connectivity index (χ2n) is 5.83. The molecule has 1 aliphatic heterocycles. The molecule has 0 aromatic heterocycles. The molecule has 18 heavy (non-hydrogen) atoms. The van der Waals surface area contributed by atoms with Gasteiger partial charge in [-0.05, 0) is 30.0 Å². The fourth-order valence-corrected chi connectivity index (χ4v) is 2.48. The summed E-state index contributed by atoms with van der Waals surface area (Å²) in [6, 6.07) is 4.99. The van der Waals surface area contributed by atoms with Gasteiger partial charge in [-0.2, -0.15) is 0 Å². The van der Waals surface area contributed by atoms with E-state index in [9.17, 15) is 8.78 Å². The molecule has 0 bridgehead atoms. The Morgan fingerprint density at radius 2 is 1.94 bits per heavy atom. The van der Waals surface area contributed by atoms with Crippen LogP contribution in [0.5, 0.6) is 0 Å². The van der Waals surface area contributed by atoms with E-state index < -0.39 is 5.92 Å². The predicted octanol–water partition coefficient (Wildman–Crippen LogP) is 4.25. The van der Waals surface area contributed by atoms with E-state index in [-0.39, 0.29) is 11.0 Å². The Labute approximate surface area is 107 Å². The zero-order chi connectivity index (χ0) is 13.6. The van der Waals surface area contributed by atoms with Crippen LogP contribution in [0.2, 0.25) is 0 Å². The van der Waals surface area contributed by atoms with Gasteiger partial charge < -0.3 is 4.74 Å². The molecule has 1 aliphatic rings. The van der Waals surface area contributed by atoms with E-state index in [0.717, 1.165) is 31.3 Å². The zero-order valence-corrected chi connectivity index (χ0v) is 11.4. The average molecular weight is 254 g/mol. The van der Waals surface area contributed by atoms with Crippen LogP contribution in [0.1, 0.15) is 43.4 Å². The highest BCUT2D eigenvalue weighted by Gasteiger charge is 2.40. The van der Waals surface area contributed by atoms with Crippen molar-refractivity contribution < 1.29 is 13.5 Å². The van der Waals surface area contributed by atoms with Crippen LogP contribution < -0.4 is 0 Å². The predicted molar refractivity (Wildman–Crippen MR) is 68.1 cm³/mol. The Bertz CT molecular complexity index is 444. The van der Waals surface area contributed by atoms with Crippen molar-refractivity contribution in [1.29, 1.82) is 0 Å². The van der Waals surface area contributed by atoms with Gasteiger partial charge in [0.25, 0.3) is 5.92 Å². The standard InChI is InChI=1S/C15H20F2O/c1-10-7-12(15(4,16)17)5-6-13(10)11(2)14(3)8-18-9-14/h5-7,11H,8-9H2,1-4H3/t11-/m0/s1. The van der Waals surface area contributed by atoms with Crippen molar-refractivity contribution in [1.82, 2.24) is 0 Å². The number of rotatable bonds is 3. The smallest absolute Gasteiger partial charge is 0.270 e. The Morgan fingerprint density at radius 3 is 2.33 bits per heavy atom. The Hall–Kier alpha value is -0.960. The van der Waals surface area contributed by atoms with Crippen molar-refractivity contribution in [3.05, 3.63) is 34.9 Å². The van der Waals surface area contributed by atoms with E-state index in [2.05, 4.69) is 13.8 Å². The minimum absolute atomic E-state index is 0.0889. The van der Waals surface area contributed by atoms with Gasteiger partial charge in [0.1, 0.15) is 0 Å². The lowest BCUT2D eigenvalue weighted by atomic mass is 9.72. The molecule has 0 amide bonds. The van der Waals surface area contributed by atoms with Gasteiger partial charge in [-0.3, -0.25) is 0 Å². The van der Waals surface area contributed by atoms with Crippen molar-refractivity contribution in [3.8, 4) is 0 Å². The first-order chi connectivity index (χ1) is 8.24. The third-order valence-electron chi connectivity index (χ3n) is 4.15. The number of aryl methyl sites for hydroxylation is 1. The van der Waals surface area contributed by atoms with Gasteiger partial charge in [0.2, 0.25) is 0 Å². The lowest BCUT2D eigenvalue weighted by molar-refractivity contribution is -0.114. The molecule has 1 aromatic carbocycles. The van der Waals surface area contributed by atoms with E-state index >= 15 is 0 Å². The third kappa shape index (κ3) is 2.28. The molecule has 1 saturated heterocycles. The molecule has 1 aromatic rings. The van der Waals surface area contributed by atoms with E-state index in [4.69, 9.17) is 4.74 Å². The second kappa shape index (κ2) is 4.30. The zero-order valence-electron chi connectivity index (χ0n) is 11.4. The lowest BCUT2D eigenvalue weighted by Gasteiger charge is -2.43. The summed E-state index contributed by atoms with van der Waals surface area (Å²) in [6.07, 6.45) is 0. The molecule has 2 rings (SSSR count). The topological polar surface area (TPSA) is 9.23 Å². The number of halogens is 2. The number of benzene rings is 1. The van der Waals surface area contributed by atoms with Crippen LogP contribution in [-0.4, -0.2) is 13.2 Å². The Kier molecular flexibility index (Phi) is 3.22. The van der Waals surface area contributed by atoms with E-state index in [1.54, 1.807) is 12.1 Å². The summed E-state index contributed by atoms with van der Waals surface area (Å²) in [6.45, 7) is 8.67. The number of alkyl halides is 2. The van der Waals surface area contributed by atoms with E-state index in [0.29, 0.717) is 5.92 Å². The summed E-state index contributed by atoms with van der Waals surface area (Å²) in [5.41, 5.74) is 2.32. The highest BCUT2D eigenvalue weighted by Crippen LogP contribution is 2.43. The molecule has 0 unspecified atom stereocenters. The molecule has 0 radical (unpaired) electrons. The molecule has 0 N–H and O–H groups in total. The summed E-state index contributed by atoms with van der Waals surface area (Å²) >= 11 is 0. The van der Waals surface area contributed by atoms with Crippen LogP contribution in [0.3, 0.4) is 0 Å². The monoisotopic (exact) mass is 254 g/mol. The fraction of sp³-hybridized carbons (Fsp3) is 0.600. The van der Waals surface area contributed by atoms with Crippen LogP contribution in [0.15, 0.2) is 18.2 Å². The van der Waals surface area contributed by atoms with E-state index in [1.165, 1.54) is 0 Å². The maximum Gasteiger partial charge on any atom is 0.270 e. The first kappa shape index (κ1) is 13.5. The minimum atomic E-state index is -2.77. The normalized spacial score (nSPS) is 20.3. The first-order valence-electron chi connectivity index (χ1n) is 6.31. The maximum absolute atomic E-state index is 13.3. The van der Waals surface area contributed by atoms with Crippen LogP contribution in [0, 0.1) is 12.3 Å². The highest BCUT2D eigenvalue weighted by atomic mass is 19.3. The summed E-state index contributed by atoms with van der Waals surface area (Å²) < 4.78 is 31.8. The average Bonchev–Trinajstić information content (AvgIpc) is 2.23. The second-order valence-corrected chi connectivity index (χ2v) is 5.83. The summed E-state index contributed by atoms with van der Waals surface area (Å²) in [7, 11) is 0. The molecule has 0 saturated carbocycles. The molecule has 0 aliphatic carbocycles. The molecule has 1 fully saturated rings. The van der Waals surface area contributed by atoms with Gasteiger partial charge in [0.15, 0.2) is 0 Å². The molecule has 1 atom stereocenters. The largest absolute Gasteiger partial charge is 0.380 e. The summed E-state index contributed by atoms with van der Waals surface area (Å²) in [5, 5.41) is 0. The third-order valence-corrected chi connectivity index (χ3v) is 4.15. The van der Waals surface area contributed by atoms with Crippen molar-refractivity contribution in [2.45, 2.75) is 39.5 Å². The van der Waals surface area contributed by atoms with Crippen LogP contribution >= 0.6 is 0 Å². The fourth-order valence-electron chi connectivity index (χ4n) is 2.48. The van der Waals surface area contributed by atoms with Gasteiger partial charge in [-0.1, -0.05) is 26.0 Å². The van der Waals surface area contributed by atoms with Gasteiger partial charge in [-0.15, -0.1) is 0 Å². The molecule has 3 heteroatoms. The van der Waals surface area contributed by atoms with Crippen molar-refractivity contribution in [2.75, 3.05) is 13.2 Å².